The van der Waals surface area contributed by atoms with Crippen LogP contribution >= 0.6 is 0 Å². The summed E-state index contributed by atoms with van der Waals surface area (Å²) in [5.41, 5.74) is 8.49. The van der Waals surface area contributed by atoms with Crippen LogP contribution in [-0.4, -0.2) is 0 Å². The number of hydrazine groups is 1. The van der Waals surface area contributed by atoms with Gasteiger partial charge in [0.2, 0.25) is 0 Å². The molecule has 0 amide bonds. The molecule has 3 N–H and O–H groups in total. The first-order valence-electron chi connectivity index (χ1n) is 6.74. The van der Waals surface area contributed by atoms with Crippen molar-refractivity contribution < 1.29 is 4.39 Å². The summed E-state index contributed by atoms with van der Waals surface area (Å²) in [6, 6.07) is 9.31. The van der Waals surface area contributed by atoms with E-state index in [0.29, 0.717) is 5.56 Å². The summed E-state index contributed by atoms with van der Waals surface area (Å²) >= 11 is 0. The number of nitrogens with one attached hydrogen (secondary N) is 1. The molecule has 0 radical (unpaired) electrons. The van der Waals surface area contributed by atoms with Gasteiger partial charge in [-0.1, -0.05) is 29.8 Å². The molecule has 0 aliphatic heterocycles. The molecule has 0 aliphatic rings. The fourth-order valence-electron chi connectivity index (χ4n) is 2.77. The molecule has 106 valence electrons. The van der Waals surface area contributed by atoms with Gasteiger partial charge in [0.25, 0.3) is 0 Å². The molecule has 0 spiro atoms. The van der Waals surface area contributed by atoms with Gasteiger partial charge < -0.3 is 0 Å². The molecule has 0 bridgehead atoms. The lowest BCUT2D eigenvalue weighted by Gasteiger charge is -2.22. The maximum Gasteiger partial charge on any atom is 0.128 e. The van der Waals surface area contributed by atoms with Crippen LogP contribution in [0.25, 0.3) is 0 Å². The molecule has 1 atom stereocenters. The Morgan fingerprint density at radius 3 is 2.15 bits per heavy atom. The lowest BCUT2D eigenvalue weighted by Crippen LogP contribution is -2.30. The fraction of sp³-hybridized carbons (Fsp3) is 0.294. The molecule has 3 heteroatoms. The molecular formula is C17H21FN2. The summed E-state index contributed by atoms with van der Waals surface area (Å²) in [7, 11) is 0. The Morgan fingerprint density at radius 1 is 0.950 bits per heavy atom. The average Bonchev–Trinajstić information content (AvgIpc) is 2.34. The van der Waals surface area contributed by atoms with Crippen LogP contribution in [-0.2, 0) is 0 Å². The first-order chi connectivity index (χ1) is 9.43. The van der Waals surface area contributed by atoms with Crippen LogP contribution < -0.4 is 11.3 Å². The molecule has 2 nitrogen and oxygen atoms in total. The summed E-state index contributed by atoms with van der Waals surface area (Å²) in [5, 5.41) is 0. The summed E-state index contributed by atoms with van der Waals surface area (Å²) < 4.78 is 14.3. The van der Waals surface area contributed by atoms with E-state index in [-0.39, 0.29) is 11.9 Å². The van der Waals surface area contributed by atoms with Crippen LogP contribution in [0, 0.1) is 33.5 Å². The van der Waals surface area contributed by atoms with Crippen LogP contribution in [0.1, 0.15) is 39.4 Å². The SMILES string of the molecule is Cc1ccc(C(NN)c2c(C)cc(C)cc2F)c(C)c1. The van der Waals surface area contributed by atoms with E-state index in [1.807, 2.05) is 45.9 Å². The van der Waals surface area contributed by atoms with Gasteiger partial charge in [0, 0.05) is 5.56 Å². The maximum absolute atomic E-state index is 14.3. The molecule has 0 fully saturated rings. The van der Waals surface area contributed by atoms with Crippen molar-refractivity contribution in [1.29, 1.82) is 0 Å². The average molecular weight is 272 g/mol. The summed E-state index contributed by atoms with van der Waals surface area (Å²) in [6.45, 7) is 7.87. The van der Waals surface area contributed by atoms with Gasteiger partial charge in [0.15, 0.2) is 0 Å². The van der Waals surface area contributed by atoms with Crippen molar-refractivity contribution in [1.82, 2.24) is 5.43 Å². The van der Waals surface area contributed by atoms with Gasteiger partial charge in [-0.3, -0.25) is 5.84 Å². The van der Waals surface area contributed by atoms with Gasteiger partial charge in [0.05, 0.1) is 6.04 Å². The Morgan fingerprint density at radius 2 is 1.60 bits per heavy atom. The fourth-order valence-corrected chi connectivity index (χ4v) is 2.77. The van der Waals surface area contributed by atoms with E-state index < -0.39 is 0 Å². The largest absolute Gasteiger partial charge is 0.271 e. The Hall–Kier alpha value is -1.71. The molecule has 20 heavy (non-hydrogen) atoms. The Bertz CT molecular complexity index is 612. The number of hydrogen-bond donors (Lipinski definition) is 2. The van der Waals surface area contributed by atoms with Crippen molar-refractivity contribution in [2.24, 2.45) is 5.84 Å². The van der Waals surface area contributed by atoms with E-state index in [1.54, 1.807) is 6.07 Å². The van der Waals surface area contributed by atoms with Gasteiger partial charge in [-0.15, -0.1) is 0 Å². The van der Waals surface area contributed by atoms with E-state index in [0.717, 1.165) is 22.3 Å². The highest BCUT2D eigenvalue weighted by Gasteiger charge is 2.20. The molecule has 0 saturated heterocycles. The van der Waals surface area contributed by atoms with Crippen LogP contribution in [0.2, 0.25) is 0 Å². The highest BCUT2D eigenvalue weighted by Crippen LogP contribution is 2.30. The predicted octanol–water partition coefficient (Wildman–Crippen LogP) is 3.61. The standard InChI is InChI=1S/C17H21FN2/c1-10-5-6-14(12(3)7-10)17(20-19)16-13(4)8-11(2)9-15(16)18/h5-9,17,20H,19H2,1-4H3. The van der Waals surface area contributed by atoms with E-state index in [1.165, 1.54) is 5.56 Å². The quantitative estimate of drug-likeness (QED) is 0.661. The molecule has 1 unspecified atom stereocenters. The third kappa shape index (κ3) is 2.74. The van der Waals surface area contributed by atoms with Gasteiger partial charge in [-0.2, -0.15) is 0 Å². The van der Waals surface area contributed by atoms with Crippen molar-refractivity contribution in [3.8, 4) is 0 Å². The van der Waals surface area contributed by atoms with Gasteiger partial charge in [0.1, 0.15) is 5.82 Å². The molecule has 0 aromatic heterocycles. The summed E-state index contributed by atoms with van der Waals surface area (Å²) in [5.74, 6) is 5.49. The lowest BCUT2D eigenvalue weighted by atomic mass is 9.90. The Kier molecular flexibility index (Phi) is 4.21. The van der Waals surface area contributed by atoms with Crippen molar-refractivity contribution in [2.45, 2.75) is 33.7 Å². The third-order valence-corrected chi connectivity index (χ3v) is 3.67. The van der Waals surface area contributed by atoms with E-state index in [4.69, 9.17) is 5.84 Å². The van der Waals surface area contributed by atoms with Gasteiger partial charge in [-0.25, -0.2) is 9.82 Å². The zero-order valence-corrected chi connectivity index (χ0v) is 12.4. The Balaban J connectivity index is 2.58. The molecule has 2 aromatic carbocycles. The van der Waals surface area contributed by atoms with Crippen molar-refractivity contribution in [3.63, 3.8) is 0 Å². The van der Waals surface area contributed by atoms with Crippen LogP contribution in [0.3, 0.4) is 0 Å². The normalized spacial score (nSPS) is 12.5. The van der Waals surface area contributed by atoms with Gasteiger partial charge >= 0.3 is 0 Å². The summed E-state index contributed by atoms with van der Waals surface area (Å²) in [4.78, 5) is 0. The zero-order chi connectivity index (χ0) is 14.9. The van der Waals surface area contributed by atoms with E-state index in [9.17, 15) is 4.39 Å². The minimum atomic E-state index is -0.337. The minimum absolute atomic E-state index is 0.217. The number of benzene rings is 2. The van der Waals surface area contributed by atoms with Crippen LogP contribution in [0.15, 0.2) is 30.3 Å². The lowest BCUT2D eigenvalue weighted by molar-refractivity contribution is 0.555. The molecular weight excluding hydrogens is 251 g/mol. The number of nitrogens with two attached hydrogens (primary N) is 1. The summed E-state index contributed by atoms with van der Waals surface area (Å²) in [6.07, 6.45) is 0. The maximum atomic E-state index is 14.3. The van der Waals surface area contributed by atoms with E-state index in [2.05, 4.69) is 11.5 Å². The number of rotatable bonds is 3. The zero-order valence-electron chi connectivity index (χ0n) is 12.4. The van der Waals surface area contributed by atoms with Crippen molar-refractivity contribution >= 4 is 0 Å². The first-order valence-corrected chi connectivity index (χ1v) is 6.74. The Labute approximate surface area is 119 Å². The van der Waals surface area contributed by atoms with Gasteiger partial charge in [-0.05, 0) is 56.0 Å². The second-order valence-electron chi connectivity index (χ2n) is 5.44. The number of halogens is 1. The number of hydrogen-bond acceptors (Lipinski definition) is 2. The molecule has 0 saturated carbocycles. The van der Waals surface area contributed by atoms with Crippen molar-refractivity contribution in [3.05, 3.63) is 69.5 Å². The predicted molar refractivity (Wildman–Crippen MR) is 81.0 cm³/mol. The third-order valence-electron chi connectivity index (χ3n) is 3.67. The first kappa shape index (κ1) is 14.7. The molecule has 2 rings (SSSR count). The van der Waals surface area contributed by atoms with Crippen molar-refractivity contribution in [2.75, 3.05) is 0 Å². The monoisotopic (exact) mass is 272 g/mol. The van der Waals surface area contributed by atoms with Crippen LogP contribution in [0.4, 0.5) is 4.39 Å². The second kappa shape index (κ2) is 5.73. The topological polar surface area (TPSA) is 38.0 Å². The highest BCUT2D eigenvalue weighted by molar-refractivity contribution is 5.43. The molecule has 0 heterocycles. The molecule has 2 aromatic rings. The molecule has 0 aliphatic carbocycles. The highest BCUT2D eigenvalue weighted by atomic mass is 19.1. The van der Waals surface area contributed by atoms with E-state index >= 15 is 0 Å². The van der Waals surface area contributed by atoms with Crippen LogP contribution in [0.5, 0.6) is 0 Å². The number of aryl methyl sites for hydroxylation is 4. The smallest absolute Gasteiger partial charge is 0.128 e. The second-order valence-corrected chi connectivity index (χ2v) is 5.44. The minimum Gasteiger partial charge on any atom is -0.271 e.